The molecule has 0 spiro atoms. The fourth-order valence-electron chi connectivity index (χ4n) is 1.39. The first-order chi connectivity index (χ1) is 10.6. The molecule has 0 fully saturated rings. The van der Waals surface area contributed by atoms with Crippen molar-refractivity contribution < 1.29 is 18.4 Å². The summed E-state index contributed by atoms with van der Waals surface area (Å²) in [6.07, 6.45) is 0. The summed E-state index contributed by atoms with van der Waals surface area (Å²) in [7, 11) is 0. The summed E-state index contributed by atoms with van der Waals surface area (Å²) >= 11 is 5.32. The van der Waals surface area contributed by atoms with Crippen LogP contribution in [0, 0.1) is 6.92 Å². The van der Waals surface area contributed by atoms with Gasteiger partial charge in [-0.05, 0) is 20.8 Å². The molecule has 0 radical (unpaired) electrons. The molecule has 0 unspecified atom stereocenters. The molecule has 1 aromatic heterocycles. The summed E-state index contributed by atoms with van der Waals surface area (Å²) in [6, 6.07) is 0.908. The molecule has 8 nitrogen and oxygen atoms in total. The number of nitrogens with zero attached hydrogens (tertiary/aromatic N) is 2. The first-order valence-electron chi connectivity index (χ1n) is 7.12. The number of primary amides is 2. The maximum Gasteiger partial charge on any atom is 0.381 e. The Balaban J connectivity index is 0.00000108. The highest BCUT2D eigenvalue weighted by atomic mass is 32.5. The van der Waals surface area contributed by atoms with Gasteiger partial charge in [0.15, 0.2) is 0 Å². The van der Waals surface area contributed by atoms with Gasteiger partial charge in [-0.25, -0.2) is 9.78 Å². The number of carbonyl (C=O) groups excluding carboxylic acids is 1. The monoisotopic (exact) mass is 364 g/mol. The second-order valence-electron chi connectivity index (χ2n) is 4.64. The number of carbonyl (C=O) groups is 1. The van der Waals surface area contributed by atoms with Gasteiger partial charge in [-0.2, -0.15) is 4.98 Å². The van der Waals surface area contributed by atoms with Crippen molar-refractivity contribution in [3.8, 4) is 5.88 Å². The maximum absolute atomic E-state index is 9.00. The lowest BCUT2D eigenvalue weighted by Crippen LogP contribution is -2.18. The lowest BCUT2D eigenvalue weighted by Gasteiger charge is -2.20. The summed E-state index contributed by atoms with van der Waals surface area (Å²) in [6.45, 7) is 7.78. The highest BCUT2D eigenvalue weighted by molar-refractivity contribution is 8.07. The first kappa shape index (κ1) is 21.7. The Morgan fingerprint density at radius 2 is 1.74 bits per heavy atom. The van der Waals surface area contributed by atoms with E-state index >= 15 is 0 Å². The van der Waals surface area contributed by atoms with Gasteiger partial charge in [-0.1, -0.05) is 13.8 Å². The van der Waals surface area contributed by atoms with Crippen LogP contribution in [0.25, 0.3) is 0 Å². The lowest BCUT2D eigenvalue weighted by atomic mass is 10.2. The molecule has 0 saturated heterocycles. The minimum atomic E-state index is -2.77. The van der Waals surface area contributed by atoms with Gasteiger partial charge in [0, 0.05) is 29.5 Å². The molecular weight excluding hydrogens is 339 g/mol. The molecule has 0 bridgehead atoms. The summed E-state index contributed by atoms with van der Waals surface area (Å²) in [5.41, 5.74) is 9.34. The Morgan fingerprint density at radius 3 is 2.13 bits per heavy atom. The van der Waals surface area contributed by atoms with Crippen LogP contribution in [0.2, 0.25) is 0 Å². The van der Waals surface area contributed by atoms with Gasteiger partial charge in [0.2, 0.25) is 5.88 Å². The SMILES string of the molecule is CCOP(=S)(OCC)Oc1cc(C)nc(C(C)C)n1.NC(N)=O. The Bertz CT molecular complexity index is 543. The molecule has 0 aliphatic rings. The van der Waals surface area contributed by atoms with Crippen LogP contribution in [-0.4, -0.2) is 29.2 Å². The lowest BCUT2D eigenvalue weighted by molar-refractivity contribution is 0.215. The van der Waals surface area contributed by atoms with Gasteiger partial charge in [-0.3, -0.25) is 9.05 Å². The molecule has 0 aliphatic heterocycles. The fourth-order valence-corrected chi connectivity index (χ4v) is 3.38. The van der Waals surface area contributed by atoms with Crippen molar-refractivity contribution in [3.05, 3.63) is 17.6 Å². The molecule has 0 saturated carbocycles. The van der Waals surface area contributed by atoms with Crippen LogP contribution in [0.15, 0.2) is 6.07 Å². The molecule has 0 aliphatic carbocycles. The third kappa shape index (κ3) is 9.45. The molecule has 1 rings (SSSR count). The molecular formula is C13H25N4O4PS. The largest absolute Gasteiger partial charge is 0.406 e. The van der Waals surface area contributed by atoms with Crippen molar-refractivity contribution in [2.24, 2.45) is 11.5 Å². The van der Waals surface area contributed by atoms with Crippen molar-refractivity contribution in [3.63, 3.8) is 0 Å². The molecule has 1 aromatic rings. The van der Waals surface area contributed by atoms with E-state index in [0.29, 0.717) is 19.1 Å². The van der Waals surface area contributed by atoms with Crippen LogP contribution < -0.4 is 16.0 Å². The van der Waals surface area contributed by atoms with Crippen molar-refractivity contribution in [2.45, 2.75) is 40.5 Å². The van der Waals surface area contributed by atoms with Crippen molar-refractivity contribution in [1.82, 2.24) is 9.97 Å². The molecule has 0 aromatic carbocycles. The Labute approximate surface area is 142 Å². The zero-order valence-electron chi connectivity index (χ0n) is 14.1. The average Bonchev–Trinajstić information content (AvgIpc) is 2.37. The third-order valence-electron chi connectivity index (χ3n) is 2.14. The number of aryl methyl sites for hydroxylation is 1. The molecule has 10 heteroatoms. The number of hydrogen-bond donors (Lipinski definition) is 2. The molecule has 132 valence electrons. The zero-order valence-corrected chi connectivity index (χ0v) is 15.8. The molecule has 2 amide bonds. The van der Waals surface area contributed by atoms with Gasteiger partial charge >= 0.3 is 12.7 Å². The molecule has 4 N–H and O–H groups in total. The van der Waals surface area contributed by atoms with Crippen molar-refractivity contribution in [1.29, 1.82) is 0 Å². The summed E-state index contributed by atoms with van der Waals surface area (Å²) in [5.74, 6) is 1.37. The minimum absolute atomic E-state index is 0.222. The number of rotatable bonds is 7. The van der Waals surface area contributed by atoms with Crippen LogP contribution in [-0.2, 0) is 20.9 Å². The van der Waals surface area contributed by atoms with E-state index in [-0.39, 0.29) is 5.92 Å². The number of urea groups is 1. The van der Waals surface area contributed by atoms with E-state index in [1.807, 2.05) is 34.6 Å². The van der Waals surface area contributed by atoms with E-state index in [0.717, 1.165) is 11.5 Å². The Morgan fingerprint density at radius 1 is 1.26 bits per heavy atom. The first-order valence-corrected chi connectivity index (χ1v) is 9.68. The van der Waals surface area contributed by atoms with E-state index < -0.39 is 12.7 Å². The molecule has 23 heavy (non-hydrogen) atoms. The highest BCUT2D eigenvalue weighted by Crippen LogP contribution is 2.49. The smallest absolute Gasteiger partial charge is 0.381 e. The second kappa shape index (κ2) is 10.5. The normalized spacial score (nSPS) is 10.9. The summed E-state index contributed by atoms with van der Waals surface area (Å²) in [5, 5.41) is 0. The topological polar surface area (TPSA) is 123 Å². The van der Waals surface area contributed by atoms with Gasteiger partial charge in [0.1, 0.15) is 5.82 Å². The number of hydrogen-bond acceptors (Lipinski definition) is 7. The minimum Gasteiger partial charge on any atom is -0.406 e. The van der Waals surface area contributed by atoms with Crippen molar-refractivity contribution >= 4 is 24.6 Å². The predicted molar refractivity (Wildman–Crippen MR) is 92.8 cm³/mol. The number of amides is 2. The van der Waals surface area contributed by atoms with Gasteiger partial charge < -0.3 is 16.0 Å². The van der Waals surface area contributed by atoms with Crippen LogP contribution in [0.5, 0.6) is 5.88 Å². The number of aromatic nitrogens is 2. The van der Waals surface area contributed by atoms with E-state index in [2.05, 4.69) is 21.4 Å². The Hall–Kier alpha value is -1.28. The van der Waals surface area contributed by atoms with Gasteiger partial charge in [0.25, 0.3) is 0 Å². The van der Waals surface area contributed by atoms with E-state index in [1.54, 1.807) is 6.07 Å². The maximum atomic E-state index is 9.00. The zero-order chi connectivity index (χ0) is 18.0. The van der Waals surface area contributed by atoms with E-state index in [1.165, 1.54) is 0 Å². The quantitative estimate of drug-likeness (QED) is 0.713. The van der Waals surface area contributed by atoms with Crippen LogP contribution in [0.3, 0.4) is 0 Å². The summed E-state index contributed by atoms with van der Waals surface area (Å²) in [4.78, 5) is 17.7. The highest BCUT2D eigenvalue weighted by Gasteiger charge is 2.22. The fraction of sp³-hybridized carbons (Fsp3) is 0.615. The van der Waals surface area contributed by atoms with Crippen LogP contribution in [0.4, 0.5) is 4.79 Å². The van der Waals surface area contributed by atoms with E-state index in [4.69, 9.17) is 30.2 Å². The third-order valence-corrected chi connectivity index (χ3v) is 4.56. The van der Waals surface area contributed by atoms with Crippen molar-refractivity contribution in [2.75, 3.05) is 13.2 Å². The molecule has 0 atom stereocenters. The van der Waals surface area contributed by atoms with Crippen LogP contribution in [0.1, 0.15) is 45.1 Å². The Kier molecular flexibility index (Phi) is 9.90. The molecule has 1 heterocycles. The summed E-state index contributed by atoms with van der Waals surface area (Å²) < 4.78 is 16.6. The predicted octanol–water partition coefficient (Wildman–Crippen LogP) is 2.61. The standard InChI is InChI=1S/C12H21N2O3PS.CH4N2O/c1-6-15-18(19,16-7-2)17-11-8-10(5)13-12(14-11)9(3)4;2-1(3)4/h8-9H,6-7H2,1-5H3;(H4,2,3,4). The van der Waals surface area contributed by atoms with Gasteiger partial charge in [-0.15, -0.1) is 0 Å². The van der Waals surface area contributed by atoms with Crippen LogP contribution >= 0.6 is 6.72 Å². The average molecular weight is 364 g/mol. The second-order valence-corrected chi connectivity index (χ2v) is 7.57. The van der Waals surface area contributed by atoms with E-state index in [9.17, 15) is 0 Å². The number of nitrogens with two attached hydrogens (primary N) is 2. The van der Waals surface area contributed by atoms with Gasteiger partial charge in [0.05, 0.1) is 13.2 Å².